The highest BCUT2D eigenvalue weighted by Crippen LogP contribution is 2.46. The standard InChI is InChI=1S/C26H24N4O8S2/c1-30(2)18-10-8-16(9-11-18)15-27-21-14-19(39(32,33)34)12-17-13-23(40(35,36)37)25(26(31)24(17)21)29-28-20-6-4-5-7-22(20)38-3/h4-15,31H,1-3H3,(H,32,33,34)(H,35,36,37). The predicted octanol–water partition coefficient (Wildman–Crippen LogP) is 5.28. The Balaban J connectivity index is 1.98. The summed E-state index contributed by atoms with van der Waals surface area (Å²) in [7, 11) is -4.61. The van der Waals surface area contributed by atoms with E-state index in [1.54, 1.807) is 30.3 Å². The van der Waals surface area contributed by atoms with Crippen molar-refractivity contribution in [3.8, 4) is 11.5 Å². The normalized spacial score (nSPS) is 12.4. The largest absolute Gasteiger partial charge is 0.505 e. The van der Waals surface area contributed by atoms with Crippen molar-refractivity contribution in [1.82, 2.24) is 0 Å². The first-order chi connectivity index (χ1) is 18.8. The van der Waals surface area contributed by atoms with Crippen LogP contribution in [0, 0.1) is 0 Å². The Kier molecular flexibility index (Phi) is 7.88. The van der Waals surface area contributed by atoms with Crippen molar-refractivity contribution >= 4 is 60.0 Å². The van der Waals surface area contributed by atoms with Gasteiger partial charge in [0, 0.05) is 26.0 Å². The number of methoxy groups -OCH3 is 1. The maximum absolute atomic E-state index is 12.3. The monoisotopic (exact) mass is 584 g/mol. The van der Waals surface area contributed by atoms with Gasteiger partial charge in [-0.1, -0.05) is 24.3 Å². The fourth-order valence-electron chi connectivity index (χ4n) is 3.80. The van der Waals surface area contributed by atoms with Gasteiger partial charge in [0.1, 0.15) is 22.0 Å². The maximum Gasteiger partial charge on any atom is 0.296 e. The average Bonchev–Trinajstić information content (AvgIpc) is 2.90. The van der Waals surface area contributed by atoms with Crippen molar-refractivity contribution in [2.24, 2.45) is 15.2 Å². The van der Waals surface area contributed by atoms with Gasteiger partial charge in [0.05, 0.1) is 23.1 Å². The minimum Gasteiger partial charge on any atom is -0.505 e. The van der Waals surface area contributed by atoms with Gasteiger partial charge in [-0.25, -0.2) is 0 Å². The highest BCUT2D eigenvalue weighted by molar-refractivity contribution is 7.86. The van der Waals surface area contributed by atoms with E-state index < -0.39 is 41.5 Å². The molecule has 3 N–H and O–H groups in total. The van der Waals surface area contributed by atoms with Gasteiger partial charge in [0.2, 0.25) is 0 Å². The molecule has 0 saturated carbocycles. The van der Waals surface area contributed by atoms with Crippen LogP contribution in [-0.2, 0) is 20.2 Å². The summed E-state index contributed by atoms with van der Waals surface area (Å²) in [6.07, 6.45) is 1.40. The first-order valence-corrected chi connectivity index (χ1v) is 14.3. The molecule has 0 aliphatic heterocycles. The lowest BCUT2D eigenvalue weighted by Gasteiger charge is -2.13. The molecule has 0 spiro atoms. The van der Waals surface area contributed by atoms with Crippen molar-refractivity contribution in [1.29, 1.82) is 0 Å². The number of aliphatic imine (C=N–C) groups is 1. The molecule has 0 bridgehead atoms. The molecule has 0 saturated heterocycles. The highest BCUT2D eigenvalue weighted by Gasteiger charge is 2.25. The molecule has 0 amide bonds. The number of fused-ring (bicyclic) bond motifs is 1. The number of rotatable bonds is 8. The molecule has 0 aliphatic rings. The summed E-state index contributed by atoms with van der Waals surface area (Å²) in [5.41, 5.74) is 1.01. The van der Waals surface area contributed by atoms with Crippen LogP contribution < -0.4 is 9.64 Å². The van der Waals surface area contributed by atoms with Crippen LogP contribution in [0.15, 0.2) is 91.7 Å². The maximum atomic E-state index is 12.3. The molecular formula is C26H24N4O8S2. The van der Waals surface area contributed by atoms with Crippen LogP contribution in [0.1, 0.15) is 5.56 Å². The van der Waals surface area contributed by atoms with E-state index in [4.69, 9.17) is 4.74 Å². The number of phenolic OH excluding ortho intramolecular Hbond substituents is 1. The summed E-state index contributed by atoms with van der Waals surface area (Å²) in [6.45, 7) is 0. The third-order valence-electron chi connectivity index (χ3n) is 5.78. The number of nitrogens with zero attached hydrogens (tertiary/aromatic N) is 4. The predicted molar refractivity (Wildman–Crippen MR) is 150 cm³/mol. The lowest BCUT2D eigenvalue weighted by molar-refractivity contribution is 0.416. The first kappa shape index (κ1) is 28.6. The summed E-state index contributed by atoms with van der Waals surface area (Å²) in [5.74, 6) is -0.441. The highest BCUT2D eigenvalue weighted by atomic mass is 32.2. The quantitative estimate of drug-likeness (QED) is 0.141. The zero-order valence-corrected chi connectivity index (χ0v) is 23.0. The molecule has 0 heterocycles. The van der Waals surface area contributed by atoms with Crippen LogP contribution in [-0.4, -0.2) is 58.5 Å². The van der Waals surface area contributed by atoms with Gasteiger partial charge in [-0.05, 0) is 53.4 Å². The van der Waals surface area contributed by atoms with Crippen molar-refractivity contribution in [2.45, 2.75) is 9.79 Å². The summed E-state index contributed by atoms with van der Waals surface area (Å²) < 4.78 is 73.3. The number of para-hydroxylation sites is 1. The van der Waals surface area contributed by atoms with Gasteiger partial charge < -0.3 is 14.7 Å². The Bertz CT molecular complexity index is 1870. The van der Waals surface area contributed by atoms with E-state index in [1.807, 2.05) is 31.1 Å². The van der Waals surface area contributed by atoms with E-state index in [1.165, 1.54) is 19.4 Å². The van der Waals surface area contributed by atoms with Gasteiger partial charge in [0.25, 0.3) is 20.2 Å². The van der Waals surface area contributed by atoms with Crippen molar-refractivity contribution < 1.29 is 35.8 Å². The number of ether oxygens (including phenoxy) is 1. The number of benzene rings is 4. The second-order valence-corrected chi connectivity index (χ2v) is 11.5. The molecule has 40 heavy (non-hydrogen) atoms. The minimum atomic E-state index is -4.99. The smallest absolute Gasteiger partial charge is 0.296 e. The van der Waals surface area contributed by atoms with E-state index in [2.05, 4.69) is 15.2 Å². The summed E-state index contributed by atoms with van der Waals surface area (Å²) in [4.78, 5) is 4.75. The zero-order valence-electron chi connectivity index (χ0n) is 21.4. The average molecular weight is 585 g/mol. The zero-order chi connectivity index (χ0) is 29.2. The van der Waals surface area contributed by atoms with Crippen LogP contribution in [0.2, 0.25) is 0 Å². The lowest BCUT2D eigenvalue weighted by atomic mass is 10.1. The number of phenols is 1. The van der Waals surface area contributed by atoms with Crippen LogP contribution in [0.25, 0.3) is 10.8 Å². The summed E-state index contributed by atoms with van der Waals surface area (Å²) in [5, 5.41) is 18.8. The molecule has 0 aliphatic carbocycles. The topological polar surface area (TPSA) is 179 Å². The molecule has 4 rings (SSSR count). The van der Waals surface area contributed by atoms with Gasteiger partial charge in [-0.2, -0.15) is 16.8 Å². The molecule has 4 aromatic carbocycles. The Labute approximate surface area is 230 Å². The third kappa shape index (κ3) is 6.10. The number of hydrogen-bond donors (Lipinski definition) is 3. The van der Waals surface area contributed by atoms with Crippen LogP contribution in [0.5, 0.6) is 11.5 Å². The third-order valence-corrected chi connectivity index (χ3v) is 7.48. The van der Waals surface area contributed by atoms with Crippen molar-refractivity contribution in [2.75, 3.05) is 26.1 Å². The molecule has 12 nitrogen and oxygen atoms in total. The molecule has 0 aromatic heterocycles. The molecule has 14 heteroatoms. The fraction of sp³-hybridized carbons (Fsp3) is 0.115. The lowest BCUT2D eigenvalue weighted by Crippen LogP contribution is -2.08. The molecule has 208 valence electrons. The SMILES string of the molecule is COc1ccccc1N=Nc1c(S(=O)(=O)O)cc2cc(S(=O)(=O)O)cc(N=Cc3ccc(N(C)C)cc3)c2c1O. The minimum absolute atomic E-state index is 0.102. The van der Waals surface area contributed by atoms with Crippen LogP contribution in [0.3, 0.4) is 0 Å². The number of anilines is 1. The Morgan fingerprint density at radius 1 is 0.850 bits per heavy atom. The molecule has 0 fully saturated rings. The van der Waals surface area contributed by atoms with Gasteiger partial charge in [-0.3, -0.25) is 14.1 Å². The number of aromatic hydroxyl groups is 1. The summed E-state index contributed by atoms with van der Waals surface area (Å²) in [6, 6.07) is 16.5. The molecule has 4 aromatic rings. The molecule has 0 unspecified atom stereocenters. The Hall–Kier alpha value is -4.37. The van der Waals surface area contributed by atoms with Crippen molar-refractivity contribution in [3.05, 3.63) is 72.3 Å². The Morgan fingerprint density at radius 2 is 1.52 bits per heavy atom. The van der Waals surface area contributed by atoms with E-state index in [0.29, 0.717) is 11.3 Å². The number of azo groups is 1. The van der Waals surface area contributed by atoms with Gasteiger partial charge >= 0.3 is 0 Å². The van der Waals surface area contributed by atoms with Crippen molar-refractivity contribution in [3.63, 3.8) is 0 Å². The Morgan fingerprint density at radius 3 is 2.12 bits per heavy atom. The summed E-state index contributed by atoms with van der Waals surface area (Å²) >= 11 is 0. The van der Waals surface area contributed by atoms with E-state index in [-0.39, 0.29) is 22.1 Å². The molecule has 0 radical (unpaired) electrons. The molecular weight excluding hydrogens is 560 g/mol. The van der Waals surface area contributed by atoms with Crippen LogP contribution in [0.4, 0.5) is 22.7 Å². The second-order valence-electron chi connectivity index (χ2n) is 8.68. The van der Waals surface area contributed by atoms with E-state index >= 15 is 0 Å². The second kappa shape index (κ2) is 11.0. The molecule has 0 atom stereocenters. The number of hydrogen-bond acceptors (Lipinski definition) is 10. The van der Waals surface area contributed by atoms with Crippen LogP contribution >= 0.6 is 0 Å². The van der Waals surface area contributed by atoms with Gasteiger partial charge in [0.15, 0.2) is 5.75 Å². The van der Waals surface area contributed by atoms with E-state index in [0.717, 1.165) is 23.9 Å². The van der Waals surface area contributed by atoms with E-state index in [9.17, 15) is 31.0 Å². The fourth-order valence-corrected chi connectivity index (χ4v) is 5.00. The van der Waals surface area contributed by atoms with Gasteiger partial charge in [-0.15, -0.1) is 10.2 Å². The first-order valence-electron chi connectivity index (χ1n) is 11.4.